The molecule has 0 bridgehead atoms. The van der Waals surface area contributed by atoms with Crippen LogP contribution in [0.1, 0.15) is 31.1 Å². The van der Waals surface area contributed by atoms with Gasteiger partial charge in [-0.25, -0.2) is 0 Å². The number of carboxylic acid groups (broad SMARTS) is 1. The molecule has 0 saturated heterocycles. The van der Waals surface area contributed by atoms with E-state index in [4.69, 9.17) is 16.7 Å². The van der Waals surface area contributed by atoms with Crippen molar-refractivity contribution in [1.82, 2.24) is 5.32 Å². The Kier molecular flexibility index (Phi) is 5.82. The second kappa shape index (κ2) is 7.14. The van der Waals surface area contributed by atoms with Crippen LogP contribution in [0, 0.1) is 0 Å². The topological polar surface area (TPSA) is 69.6 Å². The van der Waals surface area contributed by atoms with Crippen LogP contribution in [0.4, 0.5) is 5.69 Å². The number of amides is 1. The van der Waals surface area contributed by atoms with Gasteiger partial charge in [-0.05, 0) is 39.0 Å². The molecule has 1 unspecified atom stereocenters. The van der Waals surface area contributed by atoms with E-state index in [1.165, 1.54) is 6.92 Å². The molecule has 0 radical (unpaired) electrons. The van der Waals surface area contributed by atoms with Crippen molar-refractivity contribution in [3.63, 3.8) is 0 Å². The van der Waals surface area contributed by atoms with Crippen LogP contribution < -0.4 is 10.2 Å². The van der Waals surface area contributed by atoms with Gasteiger partial charge in [0.2, 0.25) is 0 Å². The standard InChI is InChI=1S/C14H19ClN2O3/c1-4-17(5-2)12-7-6-10(15)8-11(12)13(18)16-9(3)14(19)20/h6-9H,4-5H2,1-3H3,(H,16,18)(H,19,20). The fraction of sp³-hybridized carbons (Fsp3) is 0.429. The van der Waals surface area contributed by atoms with Gasteiger partial charge in [0.15, 0.2) is 0 Å². The molecular weight excluding hydrogens is 280 g/mol. The van der Waals surface area contributed by atoms with Crippen LogP contribution >= 0.6 is 11.6 Å². The fourth-order valence-corrected chi connectivity index (χ4v) is 2.04. The lowest BCUT2D eigenvalue weighted by Gasteiger charge is -2.24. The first-order chi connectivity index (χ1) is 9.40. The van der Waals surface area contributed by atoms with Crippen LogP contribution in [0.3, 0.4) is 0 Å². The molecule has 6 heteroatoms. The maximum absolute atomic E-state index is 12.2. The van der Waals surface area contributed by atoms with Gasteiger partial charge in [0.1, 0.15) is 6.04 Å². The number of halogens is 1. The first-order valence-electron chi connectivity index (χ1n) is 6.48. The van der Waals surface area contributed by atoms with E-state index < -0.39 is 17.9 Å². The van der Waals surface area contributed by atoms with Gasteiger partial charge in [0, 0.05) is 23.8 Å². The summed E-state index contributed by atoms with van der Waals surface area (Å²) in [5.74, 6) is -1.52. The lowest BCUT2D eigenvalue weighted by molar-refractivity contribution is -0.138. The van der Waals surface area contributed by atoms with Gasteiger partial charge in [0.05, 0.1) is 5.56 Å². The molecular formula is C14H19ClN2O3. The van der Waals surface area contributed by atoms with E-state index in [0.29, 0.717) is 10.6 Å². The second-order valence-corrected chi connectivity index (χ2v) is 4.80. The number of nitrogens with zero attached hydrogens (tertiary/aromatic N) is 1. The Morgan fingerprint density at radius 1 is 1.35 bits per heavy atom. The van der Waals surface area contributed by atoms with E-state index in [2.05, 4.69) is 5.32 Å². The van der Waals surface area contributed by atoms with Crippen molar-refractivity contribution < 1.29 is 14.7 Å². The van der Waals surface area contributed by atoms with E-state index in [1.54, 1.807) is 18.2 Å². The zero-order valence-corrected chi connectivity index (χ0v) is 12.6. The first-order valence-corrected chi connectivity index (χ1v) is 6.86. The van der Waals surface area contributed by atoms with Gasteiger partial charge in [-0.1, -0.05) is 11.6 Å². The maximum Gasteiger partial charge on any atom is 0.325 e. The molecule has 1 rings (SSSR count). The smallest absolute Gasteiger partial charge is 0.325 e. The number of rotatable bonds is 6. The van der Waals surface area contributed by atoms with Crippen molar-refractivity contribution >= 4 is 29.2 Å². The number of aliphatic carboxylic acids is 1. The third kappa shape index (κ3) is 3.87. The molecule has 110 valence electrons. The number of carbonyl (C=O) groups is 2. The van der Waals surface area contributed by atoms with E-state index in [9.17, 15) is 9.59 Å². The highest BCUT2D eigenvalue weighted by atomic mass is 35.5. The van der Waals surface area contributed by atoms with Crippen LogP contribution in [0.2, 0.25) is 5.02 Å². The quantitative estimate of drug-likeness (QED) is 0.846. The van der Waals surface area contributed by atoms with Crippen molar-refractivity contribution in [3.05, 3.63) is 28.8 Å². The third-order valence-corrected chi connectivity index (χ3v) is 3.26. The SMILES string of the molecule is CCN(CC)c1ccc(Cl)cc1C(=O)NC(C)C(=O)O. The fourth-order valence-electron chi connectivity index (χ4n) is 1.87. The summed E-state index contributed by atoms with van der Waals surface area (Å²) in [5, 5.41) is 11.7. The minimum atomic E-state index is -1.08. The molecule has 0 saturated carbocycles. The Morgan fingerprint density at radius 2 is 1.95 bits per heavy atom. The molecule has 1 amide bonds. The molecule has 1 aromatic carbocycles. The molecule has 0 aliphatic heterocycles. The highest BCUT2D eigenvalue weighted by Crippen LogP contribution is 2.24. The number of carbonyl (C=O) groups excluding carboxylic acids is 1. The van der Waals surface area contributed by atoms with E-state index in [-0.39, 0.29) is 0 Å². The molecule has 0 aliphatic carbocycles. The summed E-state index contributed by atoms with van der Waals surface area (Å²) < 4.78 is 0. The summed E-state index contributed by atoms with van der Waals surface area (Å²) in [4.78, 5) is 25.0. The molecule has 20 heavy (non-hydrogen) atoms. The zero-order valence-electron chi connectivity index (χ0n) is 11.8. The predicted molar refractivity (Wildman–Crippen MR) is 79.6 cm³/mol. The number of hydrogen-bond donors (Lipinski definition) is 2. The van der Waals surface area contributed by atoms with Gasteiger partial charge in [-0.3, -0.25) is 9.59 Å². The lowest BCUT2D eigenvalue weighted by atomic mass is 10.1. The Morgan fingerprint density at radius 3 is 2.45 bits per heavy atom. The Labute approximate surface area is 123 Å². The number of carboxylic acids is 1. The van der Waals surface area contributed by atoms with Crippen LogP contribution in [0.5, 0.6) is 0 Å². The van der Waals surface area contributed by atoms with E-state index >= 15 is 0 Å². The molecule has 0 aromatic heterocycles. The van der Waals surface area contributed by atoms with Gasteiger partial charge < -0.3 is 15.3 Å². The molecule has 0 heterocycles. The maximum atomic E-state index is 12.2. The van der Waals surface area contributed by atoms with Gasteiger partial charge in [-0.15, -0.1) is 0 Å². The minimum Gasteiger partial charge on any atom is -0.480 e. The molecule has 1 atom stereocenters. The van der Waals surface area contributed by atoms with Gasteiger partial charge >= 0.3 is 5.97 Å². The number of hydrogen-bond acceptors (Lipinski definition) is 3. The molecule has 0 spiro atoms. The van der Waals surface area contributed by atoms with Gasteiger partial charge in [-0.2, -0.15) is 0 Å². The van der Waals surface area contributed by atoms with Crippen molar-refractivity contribution in [2.24, 2.45) is 0 Å². The number of benzene rings is 1. The van der Waals surface area contributed by atoms with Gasteiger partial charge in [0.25, 0.3) is 5.91 Å². The molecule has 2 N–H and O–H groups in total. The summed E-state index contributed by atoms with van der Waals surface area (Å²) in [5.41, 5.74) is 1.13. The van der Waals surface area contributed by atoms with Crippen molar-refractivity contribution in [2.45, 2.75) is 26.8 Å². The van der Waals surface area contributed by atoms with Crippen molar-refractivity contribution in [3.8, 4) is 0 Å². The van der Waals surface area contributed by atoms with Crippen LogP contribution in [-0.4, -0.2) is 36.1 Å². The highest BCUT2D eigenvalue weighted by molar-refractivity contribution is 6.31. The minimum absolute atomic E-state index is 0.384. The largest absolute Gasteiger partial charge is 0.480 e. The summed E-state index contributed by atoms with van der Waals surface area (Å²) in [6.45, 7) is 6.88. The third-order valence-electron chi connectivity index (χ3n) is 3.03. The summed E-state index contributed by atoms with van der Waals surface area (Å²) in [6.07, 6.45) is 0. The van der Waals surface area contributed by atoms with Crippen LogP contribution in [0.25, 0.3) is 0 Å². The normalized spacial score (nSPS) is 11.8. The molecule has 5 nitrogen and oxygen atoms in total. The summed E-state index contributed by atoms with van der Waals surface area (Å²) >= 11 is 5.94. The average Bonchev–Trinajstić information content (AvgIpc) is 2.41. The monoisotopic (exact) mass is 298 g/mol. The first kappa shape index (κ1) is 16.3. The van der Waals surface area contributed by atoms with E-state index in [1.807, 2.05) is 18.7 Å². The number of nitrogens with one attached hydrogen (secondary N) is 1. The Bertz CT molecular complexity index is 501. The zero-order chi connectivity index (χ0) is 15.3. The van der Waals surface area contributed by atoms with Crippen molar-refractivity contribution in [1.29, 1.82) is 0 Å². The Hall–Kier alpha value is -1.75. The summed E-state index contributed by atoms with van der Waals surface area (Å²) in [6, 6.07) is 4.09. The second-order valence-electron chi connectivity index (χ2n) is 4.37. The predicted octanol–water partition coefficient (Wildman–Crippen LogP) is 2.39. The Balaban J connectivity index is 3.11. The molecule has 0 fully saturated rings. The molecule has 0 aliphatic rings. The molecule has 1 aromatic rings. The van der Waals surface area contributed by atoms with Crippen LogP contribution in [0.15, 0.2) is 18.2 Å². The average molecular weight is 299 g/mol. The van der Waals surface area contributed by atoms with Crippen LogP contribution in [-0.2, 0) is 4.79 Å². The lowest BCUT2D eigenvalue weighted by Crippen LogP contribution is -2.39. The van der Waals surface area contributed by atoms with E-state index in [0.717, 1.165) is 18.8 Å². The number of anilines is 1. The summed E-state index contributed by atoms with van der Waals surface area (Å²) in [7, 11) is 0. The highest BCUT2D eigenvalue weighted by Gasteiger charge is 2.19. The van der Waals surface area contributed by atoms with Crippen molar-refractivity contribution in [2.75, 3.05) is 18.0 Å².